The minimum absolute atomic E-state index is 0.117. The predicted molar refractivity (Wildman–Crippen MR) is 113 cm³/mol. The number of nitrogens with one attached hydrogen (secondary N) is 3. The van der Waals surface area contributed by atoms with Gasteiger partial charge in [-0.15, -0.1) is 21.5 Å². The van der Waals surface area contributed by atoms with E-state index in [2.05, 4.69) is 41.2 Å². The molecular formula is C20H18N8O2S. The molecular weight excluding hydrogens is 416 g/mol. The summed E-state index contributed by atoms with van der Waals surface area (Å²) in [6.45, 7) is 2.26. The van der Waals surface area contributed by atoms with Gasteiger partial charge in [-0.1, -0.05) is 30.3 Å². The molecule has 4 aromatic rings. The fourth-order valence-electron chi connectivity index (χ4n) is 2.84. The number of tetrazole rings is 1. The van der Waals surface area contributed by atoms with Crippen molar-refractivity contribution in [2.24, 2.45) is 0 Å². The van der Waals surface area contributed by atoms with Crippen molar-refractivity contribution < 1.29 is 9.59 Å². The zero-order valence-electron chi connectivity index (χ0n) is 16.4. The summed E-state index contributed by atoms with van der Waals surface area (Å²) in [6, 6.07) is 12.4. The highest BCUT2D eigenvalue weighted by molar-refractivity contribution is 7.09. The molecule has 31 heavy (non-hydrogen) atoms. The number of carbonyl (C=O) groups is 2. The van der Waals surface area contributed by atoms with Crippen LogP contribution in [0.3, 0.4) is 0 Å². The molecule has 0 aliphatic carbocycles. The maximum absolute atomic E-state index is 12.6. The molecule has 1 atom stereocenters. The van der Waals surface area contributed by atoms with Crippen molar-refractivity contribution in [2.75, 3.05) is 0 Å². The van der Waals surface area contributed by atoms with Gasteiger partial charge in [0.25, 0.3) is 11.8 Å². The van der Waals surface area contributed by atoms with Crippen LogP contribution in [0.4, 0.5) is 0 Å². The molecule has 11 heteroatoms. The van der Waals surface area contributed by atoms with E-state index in [-0.39, 0.29) is 23.3 Å². The molecule has 0 bridgehead atoms. The Hall–Kier alpha value is -3.99. The van der Waals surface area contributed by atoms with Gasteiger partial charge in [0.2, 0.25) is 5.82 Å². The molecule has 0 aliphatic rings. The number of H-pyrrole nitrogens is 1. The summed E-state index contributed by atoms with van der Waals surface area (Å²) < 4.78 is 0. The van der Waals surface area contributed by atoms with Crippen LogP contribution in [0.1, 0.15) is 44.4 Å². The van der Waals surface area contributed by atoms with Gasteiger partial charge in [0, 0.05) is 16.5 Å². The Bertz CT molecular complexity index is 1160. The second-order valence-electron chi connectivity index (χ2n) is 6.60. The van der Waals surface area contributed by atoms with Gasteiger partial charge in [-0.05, 0) is 29.1 Å². The van der Waals surface area contributed by atoms with E-state index in [4.69, 9.17) is 0 Å². The Balaban J connectivity index is 1.38. The minimum atomic E-state index is -0.399. The zero-order chi connectivity index (χ0) is 21.6. The lowest BCUT2D eigenvalue weighted by Crippen LogP contribution is -2.29. The van der Waals surface area contributed by atoms with Crippen LogP contribution < -0.4 is 10.6 Å². The van der Waals surface area contributed by atoms with E-state index in [1.165, 1.54) is 12.4 Å². The van der Waals surface area contributed by atoms with E-state index in [1.54, 1.807) is 11.3 Å². The average Bonchev–Trinajstić information content (AvgIpc) is 3.52. The Labute approximate surface area is 181 Å². The summed E-state index contributed by atoms with van der Waals surface area (Å²) in [5.41, 5.74) is 1.95. The molecule has 4 rings (SSSR count). The lowest BCUT2D eigenvalue weighted by atomic mass is 10.1. The summed E-state index contributed by atoms with van der Waals surface area (Å²) in [6.07, 6.45) is 1.21. The standard InChI is InChI=1S/C20H18N8O2S/c1-12(13-4-6-14(7-5-13)18-25-27-28-26-18)24-20(30)17-9-16(22-11-23-17)19(29)21-10-15-3-2-8-31-15/h2-9,11-12H,10H2,1H3,(H,21,29)(H,24,30)(H,25,26,27,28)/t12-/m0/s1. The summed E-state index contributed by atoms with van der Waals surface area (Å²) in [7, 11) is 0. The molecule has 0 saturated carbocycles. The number of aromatic amines is 1. The fourth-order valence-corrected chi connectivity index (χ4v) is 3.48. The second-order valence-corrected chi connectivity index (χ2v) is 7.64. The molecule has 3 N–H and O–H groups in total. The first-order valence-corrected chi connectivity index (χ1v) is 10.3. The van der Waals surface area contributed by atoms with Gasteiger partial charge in [-0.3, -0.25) is 9.59 Å². The lowest BCUT2D eigenvalue weighted by Gasteiger charge is -2.14. The van der Waals surface area contributed by atoms with Crippen LogP contribution in [0.2, 0.25) is 0 Å². The molecule has 10 nitrogen and oxygen atoms in total. The number of carbonyl (C=O) groups excluding carboxylic acids is 2. The maximum atomic E-state index is 12.6. The summed E-state index contributed by atoms with van der Waals surface area (Å²) in [5.74, 6) is -0.270. The van der Waals surface area contributed by atoms with E-state index in [1.807, 2.05) is 48.7 Å². The first-order chi connectivity index (χ1) is 15.1. The molecule has 3 aromatic heterocycles. The summed E-state index contributed by atoms with van der Waals surface area (Å²) in [4.78, 5) is 34.0. The minimum Gasteiger partial charge on any atom is -0.346 e. The Morgan fingerprint density at radius 1 is 1.10 bits per heavy atom. The van der Waals surface area contributed by atoms with Crippen molar-refractivity contribution >= 4 is 23.2 Å². The monoisotopic (exact) mass is 434 g/mol. The third-order valence-corrected chi connectivity index (χ3v) is 5.37. The second kappa shape index (κ2) is 9.22. The zero-order valence-corrected chi connectivity index (χ0v) is 17.3. The van der Waals surface area contributed by atoms with Crippen LogP contribution in [0.15, 0.2) is 54.2 Å². The van der Waals surface area contributed by atoms with Crippen LogP contribution in [-0.2, 0) is 6.54 Å². The number of rotatable bonds is 7. The van der Waals surface area contributed by atoms with Crippen LogP contribution in [0, 0.1) is 0 Å². The topological polar surface area (TPSA) is 138 Å². The number of amides is 2. The Kier molecular flexibility index (Phi) is 6.03. The fraction of sp³-hybridized carbons (Fsp3) is 0.150. The average molecular weight is 434 g/mol. The quantitative estimate of drug-likeness (QED) is 0.405. The molecule has 3 heterocycles. The van der Waals surface area contributed by atoms with Crippen molar-refractivity contribution in [1.29, 1.82) is 0 Å². The van der Waals surface area contributed by atoms with E-state index in [0.717, 1.165) is 16.0 Å². The number of aromatic nitrogens is 6. The molecule has 2 amide bonds. The van der Waals surface area contributed by atoms with E-state index >= 15 is 0 Å². The lowest BCUT2D eigenvalue weighted by molar-refractivity contribution is 0.0934. The van der Waals surface area contributed by atoms with Crippen molar-refractivity contribution in [2.45, 2.75) is 19.5 Å². The normalized spacial score (nSPS) is 11.6. The molecule has 0 saturated heterocycles. The third kappa shape index (κ3) is 4.95. The highest BCUT2D eigenvalue weighted by Crippen LogP contribution is 2.18. The molecule has 0 unspecified atom stereocenters. The van der Waals surface area contributed by atoms with Crippen LogP contribution in [0.25, 0.3) is 11.4 Å². The molecule has 0 radical (unpaired) electrons. The molecule has 0 fully saturated rings. The van der Waals surface area contributed by atoms with Crippen molar-refractivity contribution in [3.63, 3.8) is 0 Å². The number of hydrogen-bond acceptors (Lipinski definition) is 8. The molecule has 156 valence electrons. The highest BCUT2D eigenvalue weighted by atomic mass is 32.1. The van der Waals surface area contributed by atoms with E-state index < -0.39 is 5.91 Å². The smallest absolute Gasteiger partial charge is 0.270 e. The highest BCUT2D eigenvalue weighted by Gasteiger charge is 2.16. The van der Waals surface area contributed by atoms with Gasteiger partial charge in [0.1, 0.15) is 17.7 Å². The molecule has 0 spiro atoms. The van der Waals surface area contributed by atoms with Crippen LogP contribution in [-0.4, -0.2) is 42.4 Å². The molecule has 0 aliphatic heterocycles. The van der Waals surface area contributed by atoms with Gasteiger partial charge >= 0.3 is 0 Å². The SMILES string of the molecule is C[C@H](NC(=O)c1cc(C(=O)NCc2cccs2)ncn1)c1ccc(-c2nn[nH]n2)cc1. The van der Waals surface area contributed by atoms with E-state index in [0.29, 0.717) is 12.4 Å². The summed E-state index contributed by atoms with van der Waals surface area (Å²) >= 11 is 1.55. The van der Waals surface area contributed by atoms with Crippen molar-refractivity contribution in [3.05, 3.63) is 76.0 Å². The first-order valence-electron chi connectivity index (χ1n) is 9.37. The number of benzene rings is 1. The van der Waals surface area contributed by atoms with Crippen molar-refractivity contribution in [3.8, 4) is 11.4 Å². The van der Waals surface area contributed by atoms with Gasteiger partial charge in [0.15, 0.2) is 0 Å². The van der Waals surface area contributed by atoms with Gasteiger partial charge in [0.05, 0.1) is 12.6 Å². The van der Waals surface area contributed by atoms with E-state index in [9.17, 15) is 9.59 Å². The first kappa shape index (κ1) is 20.3. The van der Waals surface area contributed by atoms with Gasteiger partial charge < -0.3 is 10.6 Å². The maximum Gasteiger partial charge on any atom is 0.270 e. The number of thiophene rings is 1. The Morgan fingerprint density at radius 3 is 2.55 bits per heavy atom. The third-order valence-electron chi connectivity index (χ3n) is 4.50. The number of nitrogens with zero attached hydrogens (tertiary/aromatic N) is 5. The predicted octanol–water partition coefficient (Wildman–Crippen LogP) is 2.14. The molecule has 1 aromatic carbocycles. The van der Waals surface area contributed by atoms with Crippen molar-refractivity contribution in [1.82, 2.24) is 41.2 Å². The number of hydrogen-bond donors (Lipinski definition) is 3. The largest absolute Gasteiger partial charge is 0.346 e. The van der Waals surface area contributed by atoms with Crippen LogP contribution >= 0.6 is 11.3 Å². The summed E-state index contributed by atoms with van der Waals surface area (Å²) in [5, 5.41) is 21.4. The van der Waals surface area contributed by atoms with Gasteiger partial charge in [-0.2, -0.15) is 5.21 Å². The Morgan fingerprint density at radius 2 is 1.87 bits per heavy atom. The van der Waals surface area contributed by atoms with Crippen LogP contribution in [0.5, 0.6) is 0 Å². The van der Waals surface area contributed by atoms with Gasteiger partial charge in [-0.25, -0.2) is 9.97 Å².